The fraction of sp³-hybridized carbons (Fsp3) is 1.00. The summed E-state index contributed by atoms with van der Waals surface area (Å²) in [5.41, 5.74) is 0. The first kappa shape index (κ1) is 11.0. The van der Waals surface area contributed by atoms with E-state index in [0.29, 0.717) is 0 Å². The Morgan fingerprint density at radius 3 is 2.15 bits per heavy atom. The van der Waals surface area contributed by atoms with E-state index in [1.807, 2.05) is 0 Å². The summed E-state index contributed by atoms with van der Waals surface area (Å²) in [5.74, 6) is 0. The van der Waals surface area contributed by atoms with Crippen molar-refractivity contribution in [3.63, 3.8) is 0 Å². The first-order valence-electron chi connectivity index (χ1n) is 5.46. The second-order valence-corrected chi connectivity index (χ2v) is 3.77. The van der Waals surface area contributed by atoms with Crippen LogP contribution < -0.4 is 0 Å². The van der Waals surface area contributed by atoms with E-state index < -0.39 is 0 Å². The Hall–Kier alpha value is -0.120. The topological polar surface area (TPSA) is 9.72 Å². The van der Waals surface area contributed by atoms with Gasteiger partial charge in [0.2, 0.25) is 0 Å². The maximum atomic E-state index is 2.51. The molecule has 0 unspecified atom stereocenters. The smallest absolute Gasteiger partial charge is 0.0261 e. The van der Waals surface area contributed by atoms with Crippen LogP contribution in [0.2, 0.25) is 0 Å². The molecule has 1 saturated heterocycles. The molecule has 0 aromatic carbocycles. The fourth-order valence-corrected chi connectivity index (χ4v) is 1.86. The van der Waals surface area contributed by atoms with Gasteiger partial charge < -0.3 is 4.90 Å². The molecule has 3 nitrogen and oxygen atoms in total. The average Bonchev–Trinajstić information content (AvgIpc) is 2.18. The molecule has 0 aromatic rings. The summed E-state index contributed by atoms with van der Waals surface area (Å²) in [6, 6.07) is 0. The monoisotopic (exact) mass is 185 g/mol. The Kier molecular flexibility index (Phi) is 4.70. The second-order valence-electron chi connectivity index (χ2n) is 3.77. The van der Waals surface area contributed by atoms with Crippen molar-refractivity contribution in [3.05, 3.63) is 0 Å². The molecule has 0 amide bonds. The van der Waals surface area contributed by atoms with E-state index in [1.54, 1.807) is 0 Å². The minimum atomic E-state index is 1.19. The van der Waals surface area contributed by atoms with Crippen LogP contribution in [0.25, 0.3) is 0 Å². The van der Waals surface area contributed by atoms with Gasteiger partial charge in [-0.2, -0.15) is 0 Å². The second kappa shape index (κ2) is 5.58. The molecule has 13 heavy (non-hydrogen) atoms. The summed E-state index contributed by atoms with van der Waals surface area (Å²) >= 11 is 0. The van der Waals surface area contributed by atoms with Crippen molar-refractivity contribution in [2.24, 2.45) is 0 Å². The van der Waals surface area contributed by atoms with E-state index in [-0.39, 0.29) is 0 Å². The lowest BCUT2D eigenvalue weighted by molar-refractivity contribution is -0.0367. The first-order valence-corrected chi connectivity index (χ1v) is 5.46. The molecular weight excluding hydrogens is 162 g/mol. The molecule has 0 saturated carbocycles. The van der Waals surface area contributed by atoms with Gasteiger partial charge in [0.15, 0.2) is 0 Å². The van der Waals surface area contributed by atoms with Crippen molar-refractivity contribution in [2.45, 2.75) is 20.3 Å². The van der Waals surface area contributed by atoms with Gasteiger partial charge in [0.1, 0.15) is 0 Å². The van der Waals surface area contributed by atoms with Gasteiger partial charge in [-0.05, 0) is 13.0 Å². The van der Waals surface area contributed by atoms with Crippen LogP contribution in [0.1, 0.15) is 20.3 Å². The number of nitrogens with zero attached hydrogens (tertiary/aromatic N) is 3. The molecule has 1 aliphatic heterocycles. The highest BCUT2D eigenvalue weighted by atomic mass is 15.6. The van der Waals surface area contributed by atoms with Crippen LogP contribution in [-0.4, -0.2) is 61.2 Å². The summed E-state index contributed by atoms with van der Waals surface area (Å²) in [6.45, 7) is 11.7. The molecule has 1 fully saturated rings. The van der Waals surface area contributed by atoms with E-state index in [2.05, 4.69) is 35.8 Å². The van der Waals surface area contributed by atoms with Crippen LogP contribution in [0.4, 0.5) is 0 Å². The molecule has 0 atom stereocenters. The van der Waals surface area contributed by atoms with Crippen LogP contribution in [0.15, 0.2) is 0 Å². The van der Waals surface area contributed by atoms with Crippen LogP contribution >= 0.6 is 0 Å². The SMILES string of the molecule is CCCN(C)N1CCN(CC)CC1. The molecule has 1 rings (SSSR count). The third kappa shape index (κ3) is 3.25. The summed E-state index contributed by atoms with van der Waals surface area (Å²) in [6.07, 6.45) is 1.24. The molecule has 0 radical (unpaired) electrons. The van der Waals surface area contributed by atoms with Crippen molar-refractivity contribution in [1.29, 1.82) is 0 Å². The molecule has 0 spiro atoms. The normalized spacial score (nSPS) is 21.2. The van der Waals surface area contributed by atoms with Gasteiger partial charge in [-0.3, -0.25) is 0 Å². The third-order valence-electron chi connectivity index (χ3n) is 2.83. The van der Waals surface area contributed by atoms with Gasteiger partial charge >= 0.3 is 0 Å². The summed E-state index contributed by atoms with van der Waals surface area (Å²) in [7, 11) is 2.20. The van der Waals surface area contributed by atoms with Crippen molar-refractivity contribution in [3.8, 4) is 0 Å². The van der Waals surface area contributed by atoms with E-state index in [9.17, 15) is 0 Å². The predicted octanol–water partition coefficient (Wildman–Crippen LogP) is 0.881. The van der Waals surface area contributed by atoms with Crippen molar-refractivity contribution >= 4 is 0 Å². The van der Waals surface area contributed by atoms with E-state index in [1.165, 1.54) is 45.7 Å². The molecule has 3 heteroatoms. The molecule has 0 bridgehead atoms. The highest BCUT2D eigenvalue weighted by Crippen LogP contribution is 2.03. The summed E-state index contributed by atoms with van der Waals surface area (Å²) < 4.78 is 0. The molecule has 0 N–H and O–H groups in total. The Morgan fingerprint density at radius 1 is 1.08 bits per heavy atom. The van der Waals surface area contributed by atoms with Crippen LogP contribution in [0, 0.1) is 0 Å². The number of likely N-dealkylation sites (N-methyl/N-ethyl adjacent to an activating group) is 1. The molecule has 0 aromatic heterocycles. The Labute approximate surface area is 82.3 Å². The fourth-order valence-electron chi connectivity index (χ4n) is 1.86. The van der Waals surface area contributed by atoms with E-state index >= 15 is 0 Å². The lowest BCUT2D eigenvalue weighted by Crippen LogP contribution is -2.52. The Morgan fingerprint density at radius 2 is 1.69 bits per heavy atom. The number of piperazine rings is 1. The summed E-state index contributed by atoms with van der Waals surface area (Å²) in [4.78, 5) is 2.51. The minimum Gasteiger partial charge on any atom is -0.301 e. The quantitative estimate of drug-likeness (QED) is 0.644. The lowest BCUT2D eigenvalue weighted by Gasteiger charge is -2.39. The highest BCUT2D eigenvalue weighted by Gasteiger charge is 2.17. The lowest BCUT2D eigenvalue weighted by atomic mass is 10.3. The number of rotatable bonds is 4. The largest absolute Gasteiger partial charge is 0.301 e. The zero-order valence-electron chi connectivity index (χ0n) is 9.29. The minimum absolute atomic E-state index is 1.19. The zero-order chi connectivity index (χ0) is 9.68. The zero-order valence-corrected chi connectivity index (χ0v) is 9.29. The molecule has 1 heterocycles. The third-order valence-corrected chi connectivity index (χ3v) is 2.83. The highest BCUT2D eigenvalue weighted by molar-refractivity contribution is 4.68. The standard InChI is InChI=1S/C10H23N3/c1-4-6-11(3)13-9-7-12(5-2)8-10-13/h4-10H2,1-3H3. The van der Waals surface area contributed by atoms with Crippen molar-refractivity contribution in [2.75, 3.05) is 46.3 Å². The maximum absolute atomic E-state index is 2.51. The number of hydrazine groups is 1. The predicted molar refractivity (Wildman–Crippen MR) is 56.6 cm³/mol. The van der Waals surface area contributed by atoms with E-state index in [4.69, 9.17) is 0 Å². The average molecular weight is 185 g/mol. The Bertz CT molecular complexity index is 130. The van der Waals surface area contributed by atoms with Gasteiger partial charge in [-0.1, -0.05) is 13.8 Å². The van der Waals surface area contributed by atoms with Crippen molar-refractivity contribution < 1.29 is 0 Å². The Balaban J connectivity index is 2.23. The van der Waals surface area contributed by atoms with Gasteiger partial charge in [0.25, 0.3) is 0 Å². The van der Waals surface area contributed by atoms with Crippen LogP contribution in [0.5, 0.6) is 0 Å². The molecular formula is C10H23N3. The van der Waals surface area contributed by atoms with Gasteiger partial charge in [0.05, 0.1) is 0 Å². The van der Waals surface area contributed by atoms with E-state index in [0.717, 1.165) is 0 Å². The number of hydrogen-bond acceptors (Lipinski definition) is 3. The van der Waals surface area contributed by atoms with Gasteiger partial charge in [-0.15, -0.1) is 0 Å². The van der Waals surface area contributed by atoms with Crippen molar-refractivity contribution in [1.82, 2.24) is 14.9 Å². The maximum Gasteiger partial charge on any atom is 0.0261 e. The molecule has 0 aliphatic carbocycles. The van der Waals surface area contributed by atoms with Crippen LogP contribution in [-0.2, 0) is 0 Å². The number of hydrogen-bond donors (Lipinski definition) is 0. The molecule has 78 valence electrons. The first-order chi connectivity index (χ1) is 6.27. The van der Waals surface area contributed by atoms with Gasteiger partial charge in [-0.25, -0.2) is 10.0 Å². The molecule has 1 aliphatic rings. The summed E-state index contributed by atoms with van der Waals surface area (Å²) in [5, 5.41) is 4.84. The van der Waals surface area contributed by atoms with Crippen LogP contribution in [0.3, 0.4) is 0 Å². The van der Waals surface area contributed by atoms with Gasteiger partial charge in [0, 0.05) is 39.8 Å².